The van der Waals surface area contributed by atoms with Crippen molar-refractivity contribution < 1.29 is 22.3 Å². The van der Waals surface area contributed by atoms with E-state index in [-0.39, 0.29) is 16.8 Å². The van der Waals surface area contributed by atoms with E-state index in [0.717, 1.165) is 6.07 Å². The molecule has 5 nitrogen and oxygen atoms in total. The van der Waals surface area contributed by atoms with Crippen LogP contribution in [0.4, 0.5) is 18.9 Å². The molecule has 9 heteroatoms. The second kappa shape index (κ2) is 6.38. The van der Waals surface area contributed by atoms with E-state index in [9.17, 15) is 27.5 Å². The lowest BCUT2D eigenvalue weighted by molar-refractivity contribution is -0.385. The van der Waals surface area contributed by atoms with Crippen molar-refractivity contribution in [2.24, 2.45) is 4.40 Å². The molecule has 0 aliphatic rings. The SMILES string of the molecule is CC(=N[S@](=O)C(C)(C)C)c1cc([N+](=O)[O-])cc(C(F)(F)F)c1C. The number of hydrogen-bond acceptors (Lipinski definition) is 3. The molecule has 1 rings (SSSR count). The molecule has 0 aliphatic heterocycles. The Morgan fingerprint density at radius 2 is 1.78 bits per heavy atom. The number of hydrogen-bond donors (Lipinski definition) is 0. The largest absolute Gasteiger partial charge is 0.416 e. The normalized spacial score (nSPS) is 14.7. The van der Waals surface area contributed by atoms with Crippen molar-refractivity contribution in [3.63, 3.8) is 0 Å². The zero-order valence-corrected chi connectivity index (χ0v) is 14.1. The molecule has 0 saturated heterocycles. The summed E-state index contributed by atoms with van der Waals surface area (Å²) in [4.78, 5) is 9.99. The quantitative estimate of drug-likeness (QED) is 0.466. The summed E-state index contributed by atoms with van der Waals surface area (Å²) in [5.41, 5.74) is -1.95. The van der Waals surface area contributed by atoms with Crippen LogP contribution in [0, 0.1) is 17.0 Å². The van der Waals surface area contributed by atoms with Crippen LogP contribution >= 0.6 is 0 Å². The molecule has 0 aromatic heterocycles. The van der Waals surface area contributed by atoms with Gasteiger partial charge >= 0.3 is 6.18 Å². The van der Waals surface area contributed by atoms with Gasteiger partial charge in [0.05, 0.1) is 20.9 Å². The van der Waals surface area contributed by atoms with Gasteiger partial charge in [0.1, 0.15) is 11.0 Å². The van der Waals surface area contributed by atoms with Crippen molar-refractivity contribution >= 4 is 22.4 Å². The van der Waals surface area contributed by atoms with Gasteiger partial charge in [0.2, 0.25) is 0 Å². The summed E-state index contributed by atoms with van der Waals surface area (Å²) in [6, 6.07) is 1.51. The third kappa shape index (κ3) is 4.60. The molecule has 0 radical (unpaired) electrons. The molecular formula is C14H17F3N2O3S. The number of non-ortho nitro benzene ring substituents is 1. The van der Waals surface area contributed by atoms with Crippen molar-refractivity contribution in [3.05, 3.63) is 38.9 Å². The van der Waals surface area contributed by atoms with E-state index in [1.807, 2.05) is 0 Å². The van der Waals surface area contributed by atoms with Crippen LogP contribution in [-0.4, -0.2) is 19.6 Å². The average Bonchev–Trinajstić information content (AvgIpc) is 2.35. The summed E-state index contributed by atoms with van der Waals surface area (Å²) in [5, 5.41) is 10.9. The Balaban J connectivity index is 3.58. The Bertz CT molecular complexity index is 692. The highest BCUT2D eigenvalue weighted by molar-refractivity contribution is 7.85. The van der Waals surface area contributed by atoms with Crippen LogP contribution < -0.4 is 0 Å². The molecule has 128 valence electrons. The Kier molecular flexibility index (Phi) is 5.35. The predicted molar refractivity (Wildman–Crippen MR) is 82.9 cm³/mol. The van der Waals surface area contributed by atoms with Crippen LogP contribution in [0.3, 0.4) is 0 Å². The fourth-order valence-corrected chi connectivity index (χ4v) is 2.41. The Morgan fingerprint density at radius 3 is 2.17 bits per heavy atom. The predicted octanol–water partition coefficient (Wildman–Crippen LogP) is 4.19. The van der Waals surface area contributed by atoms with Crippen molar-refractivity contribution in [2.45, 2.75) is 45.5 Å². The first kappa shape index (κ1) is 19.3. The third-order valence-electron chi connectivity index (χ3n) is 3.04. The molecule has 0 aliphatic carbocycles. The lowest BCUT2D eigenvalue weighted by atomic mass is 9.98. The summed E-state index contributed by atoms with van der Waals surface area (Å²) in [5.74, 6) is 0. The molecule has 23 heavy (non-hydrogen) atoms. The standard InChI is InChI=1S/C14H17F3N2O3S/c1-8-11(9(2)18-23(22)13(3,4)5)6-10(19(20)21)7-12(8)14(15,16)17/h6-7H,1-5H3/t23-/m1/s1. The lowest BCUT2D eigenvalue weighted by Crippen LogP contribution is -2.21. The molecule has 1 aromatic rings. The zero-order valence-electron chi connectivity index (χ0n) is 13.3. The minimum atomic E-state index is -4.73. The molecule has 0 unspecified atom stereocenters. The number of nitro benzene ring substituents is 1. The van der Waals surface area contributed by atoms with Crippen molar-refractivity contribution in [3.8, 4) is 0 Å². The molecular weight excluding hydrogens is 333 g/mol. The highest BCUT2D eigenvalue weighted by Crippen LogP contribution is 2.36. The van der Waals surface area contributed by atoms with Crippen LogP contribution in [-0.2, 0) is 17.2 Å². The molecule has 0 spiro atoms. The van der Waals surface area contributed by atoms with Crippen LogP contribution in [0.15, 0.2) is 16.5 Å². The first-order valence-corrected chi connectivity index (χ1v) is 7.69. The van der Waals surface area contributed by atoms with E-state index in [2.05, 4.69) is 4.40 Å². The van der Waals surface area contributed by atoms with Gasteiger partial charge in [0, 0.05) is 17.7 Å². The highest BCUT2D eigenvalue weighted by Gasteiger charge is 2.35. The minimum Gasteiger partial charge on any atom is -0.258 e. The second-order valence-electron chi connectivity index (χ2n) is 5.96. The van der Waals surface area contributed by atoms with E-state index >= 15 is 0 Å². The average molecular weight is 350 g/mol. The maximum atomic E-state index is 13.1. The summed E-state index contributed by atoms with van der Waals surface area (Å²) < 4.78 is 54.4. The minimum absolute atomic E-state index is 0.0378. The van der Waals surface area contributed by atoms with Gasteiger partial charge in [-0.15, -0.1) is 0 Å². The van der Waals surface area contributed by atoms with Gasteiger partial charge in [0.15, 0.2) is 0 Å². The summed E-state index contributed by atoms with van der Waals surface area (Å²) in [7, 11) is -1.68. The molecule has 0 amide bonds. The Labute approximate surface area is 134 Å². The lowest BCUT2D eigenvalue weighted by Gasteiger charge is -2.16. The smallest absolute Gasteiger partial charge is 0.258 e. The molecule has 0 N–H and O–H groups in total. The van der Waals surface area contributed by atoms with E-state index < -0.39 is 38.1 Å². The number of benzene rings is 1. The van der Waals surface area contributed by atoms with Gasteiger partial charge in [-0.3, -0.25) is 10.1 Å². The molecule has 0 heterocycles. The van der Waals surface area contributed by atoms with E-state index in [4.69, 9.17) is 0 Å². The van der Waals surface area contributed by atoms with Crippen LogP contribution in [0.1, 0.15) is 44.4 Å². The number of nitro groups is 1. The fraction of sp³-hybridized carbons (Fsp3) is 0.500. The van der Waals surface area contributed by atoms with E-state index in [1.165, 1.54) is 13.8 Å². The first-order valence-electron chi connectivity index (χ1n) is 6.59. The molecule has 0 fully saturated rings. The van der Waals surface area contributed by atoms with E-state index in [0.29, 0.717) is 6.07 Å². The van der Waals surface area contributed by atoms with E-state index in [1.54, 1.807) is 20.8 Å². The Hall–Kier alpha value is -1.77. The van der Waals surface area contributed by atoms with Gasteiger partial charge in [-0.1, -0.05) is 0 Å². The molecule has 0 saturated carbocycles. The fourth-order valence-electron chi connectivity index (χ4n) is 1.79. The van der Waals surface area contributed by atoms with Gasteiger partial charge < -0.3 is 0 Å². The second-order valence-corrected chi connectivity index (χ2v) is 7.86. The summed E-state index contributed by atoms with van der Waals surface area (Å²) in [6.07, 6.45) is -4.73. The third-order valence-corrected chi connectivity index (χ3v) is 4.53. The number of rotatable bonds is 3. The number of halogens is 3. The van der Waals surface area contributed by atoms with Gasteiger partial charge in [-0.2, -0.15) is 17.6 Å². The van der Waals surface area contributed by atoms with Crippen molar-refractivity contribution in [1.82, 2.24) is 0 Å². The number of alkyl halides is 3. The maximum absolute atomic E-state index is 13.1. The van der Waals surface area contributed by atoms with Crippen molar-refractivity contribution in [1.29, 1.82) is 0 Å². The molecule has 0 bridgehead atoms. The Morgan fingerprint density at radius 1 is 1.26 bits per heavy atom. The van der Waals surface area contributed by atoms with Gasteiger partial charge in [0.25, 0.3) is 5.69 Å². The topological polar surface area (TPSA) is 72.6 Å². The summed E-state index contributed by atoms with van der Waals surface area (Å²) in [6.45, 7) is 7.60. The van der Waals surface area contributed by atoms with Crippen LogP contribution in [0.5, 0.6) is 0 Å². The monoisotopic (exact) mass is 350 g/mol. The van der Waals surface area contributed by atoms with Crippen LogP contribution in [0.25, 0.3) is 0 Å². The molecule has 1 aromatic carbocycles. The van der Waals surface area contributed by atoms with Gasteiger partial charge in [-0.25, -0.2) is 4.21 Å². The van der Waals surface area contributed by atoms with Gasteiger partial charge in [-0.05, 0) is 40.2 Å². The zero-order chi connectivity index (χ0) is 18.2. The highest BCUT2D eigenvalue weighted by atomic mass is 32.2. The first-order chi connectivity index (χ1) is 10.2. The van der Waals surface area contributed by atoms with Crippen LogP contribution in [0.2, 0.25) is 0 Å². The van der Waals surface area contributed by atoms with Crippen molar-refractivity contribution in [2.75, 3.05) is 0 Å². The maximum Gasteiger partial charge on any atom is 0.416 e. The summed E-state index contributed by atoms with van der Waals surface area (Å²) >= 11 is 0. The molecule has 1 atom stereocenters. The number of nitrogens with zero attached hydrogens (tertiary/aromatic N) is 2.